The molecule has 4 rings (SSSR count). The predicted molar refractivity (Wildman–Crippen MR) is 97.4 cm³/mol. The highest BCUT2D eigenvalue weighted by Crippen LogP contribution is 2.48. The molecular formula is C21H20FN3O. The minimum absolute atomic E-state index is 0.00953. The summed E-state index contributed by atoms with van der Waals surface area (Å²) in [5, 5.41) is 3.11. The van der Waals surface area contributed by atoms with Gasteiger partial charge in [0.05, 0.1) is 17.8 Å². The molecule has 1 saturated carbocycles. The van der Waals surface area contributed by atoms with E-state index in [1.54, 1.807) is 24.7 Å². The number of hydrogen-bond acceptors (Lipinski definition) is 2. The van der Waals surface area contributed by atoms with Crippen molar-refractivity contribution in [3.05, 3.63) is 84.2 Å². The van der Waals surface area contributed by atoms with Crippen LogP contribution in [0, 0.1) is 5.82 Å². The van der Waals surface area contributed by atoms with Crippen molar-refractivity contribution in [3.8, 4) is 5.69 Å². The van der Waals surface area contributed by atoms with Gasteiger partial charge < -0.3 is 9.88 Å². The first kappa shape index (κ1) is 16.5. The third-order valence-corrected chi connectivity index (χ3v) is 5.12. The quantitative estimate of drug-likeness (QED) is 0.759. The van der Waals surface area contributed by atoms with Gasteiger partial charge in [0, 0.05) is 18.1 Å². The second-order valence-electron chi connectivity index (χ2n) is 6.85. The summed E-state index contributed by atoms with van der Waals surface area (Å²) in [7, 11) is 0. The number of rotatable bonds is 5. The van der Waals surface area contributed by atoms with Crippen LogP contribution in [0.4, 0.5) is 4.39 Å². The Morgan fingerprint density at radius 1 is 1.15 bits per heavy atom. The Balaban J connectivity index is 1.46. The zero-order valence-electron chi connectivity index (χ0n) is 14.5. The lowest BCUT2D eigenvalue weighted by Gasteiger charge is -2.20. The first-order valence-electron chi connectivity index (χ1n) is 8.74. The maximum absolute atomic E-state index is 13.2. The third-order valence-electron chi connectivity index (χ3n) is 5.12. The first-order chi connectivity index (χ1) is 12.6. The zero-order chi connectivity index (χ0) is 18.1. The molecule has 1 aliphatic rings. The van der Waals surface area contributed by atoms with Crippen molar-refractivity contribution in [2.45, 2.75) is 31.2 Å². The van der Waals surface area contributed by atoms with Gasteiger partial charge >= 0.3 is 0 Å². The van der Waals surface area contributed by atoms with Gasteiger partial charge in [0.2, 0.25) is 5.91 Å². The standard InChI is InChI=1S/C21H20FN3O/c1-15(16-2-8-19(9-3-16)25-13-12-23-14-25)24-20(26)21(10-11-21)17-4-6-18(22)7-5-17/h2-9,12-15H,10-11H2,1H3,(H,24,26)/t15-/m1/s1. The van der Waals surface area contributed by atoms with Crippen LogP contribution in [0.15, 0.2) is 67.3 Å². The molecule has 3 aromatic rings. The number of benzene rings is 2. The molecule has 0 saturated heterocycles. The highest BCUT2D eigenvalue weighted by molar-refractivity contribution is 5.91. The molecule has 5 heteroatoms. The minimum Gasteiger partial charge on any atom is -0.349 e. The van der Waals surface area contributed by atoms with Gasteiger partial charge in [0.25, 0.3) is 0 Å². The highest BCUT2D eigenvalue weighted by Gasteiger charge is 2.51. The van der Waals surface area contributed by atoms with Crippen LogP contribution < -0.4 is 5.32 Å². The Kier molecular flexibility index (Phi) is 4.07. The van der Waals surface area contributed by atoms with Crippen LogP contribution in [0.5, 0.6) is 0 Å². The summed E-state index contributed by atoms with van der Waals surface area (Å²) in [6.07, 6.45) is 6.98. The van der Waals surface area contributed by atoms with Crippen LogP contribution in [0.25, 0.3) is 5.69 Å². The molecule has 0 unspecified atom stereocenters. The fourth-order valence-corrected chi connectivity index (χ4v) is 3.31. The topological polar surface area (TPSA) is 46.9 Å². The molecule has 1 N–H and O–H groups in total. The predicted octanol–water partition coefficient (Wildman–Crippen LogP) is 3.92. The van der Waals surface area contributed by atoms with Gasteiger partial charge in [-0.05, 0) is 55.2 Å². The van der Waals surface area contributed by atoms with E-state index in [4.69, 9.17) is 0 Å². The van der Waals surface area contributed by atoms with E-state index in [1.165, 1.54) is 12.1 Å². The second-order valence-corrected chi connectivity index (χ2v) is 6.85. The average Bonchev–Trinajstić information content (AvgIpc) is 3.29. The summed E-state index contributed by atoms with van der Waals surface area (Å²) in [6.45, 7) is 1.98. The number of nitrogens with zero attached hydrogens (tertiary/aromatic N) is 2. The number of nitrogens with one attached hydrogen (secondary N) is 1. The van der Waals surface area contributed by atoms with Gasteiger partial charge in [-0.25, -0.2) is 9.37 Å². The number of imidazole rings is 1. The molecule has 1 atom stereocenters. The molecule has 1 amide bonds. The molecule has 1 heterocycles. The Morgan fingerprint density at radius 3 is 2.42 bits per heavy atom. The summed E-state index contributed by atoms with van der Waals surface area (Å²) >= 11 is 0. The number of carbonyl (C=O) groups is 1. The molecule has 1 fully saturated rings. The van der Waals surface area contributed by atoms with E-state index in [0.29, 0.717) is 0 Å². The van der Waals surface area contributed by atoms with Crippen molar-refractivity contribution in [3.63, 3.8) is 0 Å². The van der Waals surface area contributed by atoms with Gasteiger partial charge in [-0.2, -0.15) is 0 Å². The van der Waals surface area contributed by atoms with Gasteiger partial charge in [0.1, 0.15) is 5.82 Å². The van der Waals surface area contributed by atoms with E-state index < -0.39 is 5.41 Å². The molecule has 0 aliphatic heterocycles. The summed E-state index contributed by atoms with van der Waals surface area (Å²) in [5.41, 5.74) is 2.45. The van der Waals surface area contributed by atoms with Crippen molar-refractivity contribution >= 4 is 5.91 Å². The normalized spacial score (nSPS) is 16.1. The van der Waals surface area contributed by atoms with E-state index in [9.17, 15) is 9.18 Å². The SMILES string of the molecule is C[C@@H](NC(=O)C1(c2ccc(F)cc2)CC1)c1ccc(-n2ccnc2)cc1. The van der Waals surface area contributed by atoms with E-state index >= 15 is 0 Å². The minimum atomic E-state index is -0.501. The van der Waals surface area contributed by atoms with Gasteiger partial charge in [-0.15, -0.1) is 0 Å². The molecule has 2 aromatic carbocycles. The van der Waals surface area contributed by atoms with E-state index in [1.807, 2.05) is 42.0 Å². The molecule has 132 valence electrons. The van der Waals surface area contributed by atoms with Crippen molar-refractivity contribution in [1.82, 2.24) is 14.9 Å². The van der Waals surface area contributed by atoms with E-state index in [2.05, 4.69) is 10.3 Å². The molecule has 1 aliphatic carbocycles. The maximum Gasteiger partial charge on any atom is 0.231 e. The number of halogens is 1. The largest absolute Gasteiger partial charge is 0.349 e. The number of aromatic nitrogens is 2. The summed E-state index contributed by atoms with van der Waals surface area (Å²) in [4.78, 5) is 16.9. The molecule has 4 nitrogen and oxygen atoms in total. The number of hydrogen-bond donors (Lipinski definition) is 1. The Morgan fingerprint density at radius 2 is 1.85 bits per heavy atom. The van der Waals surface area contributed by atoms with Crippen molar-refractivity contribution in [2.75, 3.05) is 0 Å². The van der Waals surface area contributed by atoms with E-state index in [0.717, 1.165) is 29.7 Å². The number of carbonyl (C=O) groups excluding carboxylic acids is 1. The fraction of sp³-hybridized carbons (Fsp3) is 0.238. The Labute approximate surface area is 151 Å². The van der Waals surface area contributed by atoms with Crippen molar-refractivity contribution in [2.24, 2.45) is 0 Å². The maximum atomic E-state index is 13.2. The lowest BCUT2D eigenvalue weighted by Crippen LogP contribution is -2.36. The highest BCUT2D eigenvalue weighted by atomic mass is 19.1. The van der Waals surface area contributed by atoms with Crippen molar-refractivity contribution < 1.29 is 9.18 Å². The van der Waals surface area contributed by atoms with Gasteiger partial charge in [-0.3, -0.25) is 4.79 Å². The Bertz CT molecular complexity index is 897. The third kappa shape index (κ3) is 3.01. The van der Waals surface area contributed by atoms with Gasteiger partial charge in [0.15, 0.2) is 0 Å². The van der Waals surface area contributed by atoms with Crippen LogP contribution in [0.3, 0.4) is 0 Å². The summed E-state index contributed by atoms with van der Waals surface area (Å²) in [6, 6.07) is 14.2. The second kappa shape index (κ2) is 6.41. The molecule has 0 bridgehead atoms. The lowest BCUT2D eigenvalue weighted by atomic mass is 9.94. The Hall–Kier alpha value is -2.95. The average molecular weight is 349 g/mol. The van der Waals surface area contributed by atoms with E-state index in [-0.39, 0.29) is 17.8 Å². The molecule has 26 heavy (non-hydrogen) atoms. The molecular weight excluding hydrogens is 329 g/mol. The molecule has 1 aromatic heterocycles. The monoisotopic (exact) mass is 349 g/mol. The molecule has 0 radical (unpaired) electrons. The lowest BCUT2D eigenvalue weighted by molar-refractivity contribution is -0.124. The summed E-state index contributed by atoms with van der Waals surface area (Å²) < 4.78 is 15.1. The zero-order valence-corrected chi connectivity index (χ0v) is 14.5. The molecule has 0 spiro atoms. The van der Waals surface area contributed by atoms with Crippen LogP contribution >= 0.6 is 0 Å². The first-order valence-corrected chi connectivity index (χ1v) is 8.74. The van der Waals surface area contributed by atoms with Crippen LogP contribution in [-0.2, 0) is 10.2 Å². The smallest absolute Gasteiger partial charge is 0.231 e. The van der Waals surface area contributed by atoms with Crippen LogP contribution in [0.1, 0.15) is 36.9 Å². The summed E-state index contributed by atoms with van der Waals surface area (Å²) in [5.74, 6) is -0.272. The van der Waals surface area contributed by atoms with Crippen LogP contribution in [0.2, 0.25) is 0 Å². The number of amides is 1. The van der Waals surface area contributed by atoms with Crippen LogP contribution in [-0.4, -0.2) is 15.5 Å². The van der Waals surface area contributed by atoms with Gasteiger partial charge in [-0.1, -0.05) is 24.3 Å². The van der Waals surface area contributed by atoms with Crippen molar-refractivity contribution in [1.29, 1.82) is 0 Å². The fourth-order valence-electron chi connectivity index (χ4n) is 3.31.